The van der Waals surface area contributed by atoms with E-state index in [4.69, 9.17) is 0 Å². The van der Waals surface area contributed by atoms with Gasteiger partial charge in [0, 0.05) is 101 Å². The molecule has 4 saturated carbocycles. The molecule has 6 nitrogen and oxygen atoms in total. The number of rotatable bonds is 0. The Hall–Kier alpha value is 1.97. The standard InChI is InChI=1S/C8H15N.C7H14N2.2C6H11N.C6H12.C5H11N.2C3H6.2Y/c1-2-5-8(4-1)6-3-7-9-8;1-2-7(9-4-1)3-5-8-6-7;1-2-6-3-5(1)4-7-6;1-2-5-4-6(3-1)7-5;2*1-2-4-6-5-3-1;2*1-3-2;;/h9H,1-7H2;8-9H,1-6H2;2*5-7H,1-4H2;1-6H2;6H,1-5H2;2*1-3H2;;/q;;;;;;2*-2;;. The van der Waals surface area contributed by atoms with E-state index in [0.29, 0.717) is 11.1 Å². The second kappa shape index (κ2) is 32.9. The third-order valence-electron chi connectivity index (χ3n) is 12.6. The first-order chi connectivity index (χ1) is 24.6. The molecule has 4 bridgehead atoms. The smallest absolute Gasteiger partial charge is 0.0318 e. The van der Waals surface area contributed by atoms with Crippen molar-refractivity contribution >= 4 is 0 Å². The molecular formula is C44H86N6Y2-4. The second-order valence-electron chi connectivity index (χ2n) is 16.9. The van der Waals surface area contributed by atoms with Crippen LogP contribution in [-0.4, -0.2) is 75.0 Å². The van der Waals surface area contributed by atoms with E-state index in [0.717, 1.165) is 36.9 Å². The topological polar surface area (TPSA) is 72.2 Å². The van der Waals surface area contributed by atoms with Gasteiger partial charge in [0.25, 0.3) is 0 Å². The Morgan fingerprint density at radius 2 is 0.942 bits per heavy atom. The van der Waals surface area contributed by atoms with Crippen molar-refractivity contribution in [2.75, 3.05) is 45.8 Å². The van der Waals surface area contributed by atoms with Crippen molar-refractivity contribution in [1.29, 1.82) is 0 Å². The van der Waals surface area contributed by atoms with E-state index in [-0.39, 0.29) is 65.4 Å². The van der Waals surface area contributed by atoms with Crippen LogP contribution in [-0.2, 0) is 65.4 Å². The maximum absolute atomic E-state index is 3.63. The Morgan fingerprint density at radius 3 is 1.19 bits per heavy atom. The molecule has 11 fully saturated rings. The van der Waals surface area contributed by atoms with E-state index in [1.54, 1.807) is 0 Å². The van der Waals surface area contributed by atoms with Gasteiger partial charge < -0.3 is 72.4 Å². The van der Waals surface area contributed by atoms with E-state index in [9.17, 15) is 0 Å². The molecule has 2 spiro atoms. The van der Waals surface area contributed by atoms with E-state index >= 15 is 0 Å². The fourth-order valence-electron chi connectivity index (χ4n) is 9.63. The maximum atomic E-state index is 3.63. The summed E-state index contributed by atoms with van der Waals surface area (Å²) >= 11 is 0. The fourth-order valence-corrected chi connectivity index (χ4v) is 9.63. The van der Waals surface area contributed by atoms with Crippen LogP contribution in [0.15, 0.2) is 0 Å². The normalized spacial score (nSPS) is 32.1. The van der Waals surface area contributed by atoms with Crippen LogP contribution in [0.25, 0.3) is 0 Å². The minimum Gasteiger partial charge on any atom is -0.372 e. The summed E-state index contributed by atoms with van der Waals surface area (Å²) in [6.07, 6.45) is 37.8. The van der Waals surface area contributed by atoms with Crippen LogP contribution >= 0.6 is 0 Å². The fraction of sp³-hybridized carbons (Fsp3) is 0.909. The van der Waals surface area contributed by atoms with Gasteiger partial charge in [-0.05, 0) is 141 Å². The molecule has 52 heavy (non-hydrogen) atoms. The van der Waals surface area contributed by atoms with Crippen LogP contribution in [0.1, 0.15) is 173 Å². The first-order valence-corrected chi connectivity index (χ1v) is 22.1. The molecule has 11 rings (SSSR count). The van der Waals surface area contributed by atoms with Gasteiger partial charge in [0.1, 0.15) is 0 Å². The van der Waals surface area contributed by atoms with Gasteiger partial charge in [-0.3, -0.25) is 0 Å². The van der Waals surface area contributed by atoms with Crippen molar-refractivity contribution in [2.45, 2.75) is 203 Å². The Bertz CT molecular complexity index is 633. The number of nitrogens with one attached hydrogen (secondary N) is 6. The molecule has 302 valence electrons. The largest absolute Gasteiger partial charge is 0.372 e. The van der Waals surface area contributed by atoms with Gasteiger partial charge in [-0.1, -0.05) is 64.2 Å². The van der Waals surface area contributed by atoms with Crippen molar-refractivity contribution in [2.24, 2.45) is 5.92 Å². The number of hydrogen-bond donors (Lipinski definition) is 6. The van der Waals surface area contributed by atoms with Crippen molar-refractivity contribution in [3.63, 3.8) is 0 Å². The molecule has 11 aliphatic rings. The van der Waals surface area contributed by atoms with Crippen LogP contribution < -0.4 is 31.9 Å². The van der Waals surface area contributed by atoms with Crippen molar-refractivity contribution in [1.82, 2.24) is 31.9 Å². The molecule has 5 unspecified atom stereocenters. The van der Waals surface area contributed by atoms with Gasteiger partial charge in [-0.25, -0.2) is 0 Å². The van der Waals surface area contributed by atoms with Gasteiger partial charge >= 0.3 is 0 Å². The van der Waals surface area contributed by atoms with E-state index in [1.165, 1.54) is 206 Å². The predicted octanol–water partition coefficient (Wildman–Crippen LogP) is 8.63. The summed E-state index contributed by atoms with van der Waals surface area (Å²) in [5, 5.41) is 20.8. The average Bonchev–Trinajstić information content (AvgIpc) is 4.04. The molecular weight excluding hydrogens is 790 g/mol. The quantitative estimate of drug-likeness (QED) is 0.137. The molecule has 7 aliphatic heterocycles. The SMILES string of the molecule is C1CC2CC(C1)N2.C1CC2CC1CN2.C1CCC2(C1)CCCN2.C1CCCCC1.C1CCNCC1.C1CNC2(C1)CCNC2.[CH2-]C[CH2-].[CH2-]C[CH2-].[Y].[Y]. The second-order valence-corrected chi connectivity index (χ2v) is 16.9. The van der Waals surface area contributed by atoms with E-state index < -0.39 is 0 Å². The van der Waals surface area contributed by atoms with Gasteiger partial charge in [0.05, 0.1) is 0 Å². The summed E-state index contributed by atoms with van der Waals surface area (Å²) in [6, 6.07) is 2.78. The third-order valence-corrected chi connectivity index (χ3v) is 12.6. The summed E-state index contributed by atoms with van der Waals surface area (Å²) in [5.41, 5.74) is 1.17. The number of piperidine rings is 3. The van der Waals surface area contributed by atoms with Gasteiger partial charge in [0.15, 0.2) is 0 Å². The maximum Gasteiger partial charge on any atom is 0.0318 e. The van der Waals surface area contributed by atoms with Crippen molar-refractivity contribution in [3.05, 3.63) is 27.7 Å². The van der Waals surface area contributed by atoms with Crippen molar-refractivity contribution < 1.29 is 65.4 Å². The zero-order chi connectivity index (χ0) is 35.6. The van der Waals surface area contributed by atoms with Crippen LogP contribution in [0.3, 0.4) is 0 Å². The number of fused-ring (bicyclic) bond motifs is 4. The van der Waals surface area contributed by atoms with Crippen LogP contribution in [0, 0.1) is 33.6 Å². The Morgan fingerprint density at radius 1 is 0.442 bits per heavy atom. The van der Waals surface area contributed by atoms with E-state index in [2.05, 4.69) is 59.6 Å². The van der Waals surface area contributed by atoms with Crippen LogP contribution in [0.4, 0.5) is 0 Å². The predicted molar refractivity (Wildman–Crippen MR) is 219 cm³/mol. The molecule has 2 radical (unpaired) electrons. The molecule has 5 atom stereocenters. The molecule has 0 aromatic carbocycles. The minimum absolute atomic E-state index is 0. The molecule has 7 heterocycles. The Balaban J connectivity index is 0.000000302. The first kappa shape index (κ1) is 52.0. The van der Waals surface area contributed by atoms with Crippen LogP contribution in [0.2, 0.25) is 0 Å². The summed E-state index contributed by atoms with van der Waals surface area (Å²) in [5.74, 6) is 1.06. The van der Waals surface area contributed by atoms with E-state index in [1.807, 2.05) is 0 Å². The van der Waals surface area contributed by atoms with Gasteiger partial charge in [-0.2, -0.15) is 0 Å². The molecule has 8 heteroatoms. The summed E-state index contributed by atoms with van der Waals surface area (Å²) in [4.78, 5) is 0. The summed E-state index contributed by atoms with van der Waals surface area (Å²) in [6.45, 7) is 22.2. The summed E-state index contributed by atoms with van der Waals surface area (Å²) < 4.78 is 0. The van der Waals surface area contributed by atoms with Gasteiger partial charge in [0.2, 0.25) is 0 Å². The zero-order valence-corrected chi connectivity index (χ0v) is 40.0. The van der Waals surface area contributed by atoms with Crippen LogP contribution in [0.5, 0.6) is 0 Å². The Labute approximate surface area is 375 Å². The minimum atomic E-state index is 0. The molecule has 6 N–H and O–H groups in total. The Kier molecular flexibility index (Phi) is 32.9. The molecule has 0 aromatic heterocycles. The first-order valence-electron chi connectivity index (χ1n) is 22.1. The average molecular weight is 877 g/mol. The molecule has 4 aliphatic carbocycles. The van der Waals surface area contributed by atoms with Crippen molar-refractivity contribution in [3.8, 4) is 0 Å². The van der Waals surface area contributed by atoms with Gasteiger partial charge in [-0.15, -0.1) is 0 Å². The molecule has 0 aromatic rings. The summed E-state index contributed by atoms with van der Waals surface area (Å²) in [7, 11) is 0. The monoisotopic (exact) mass is 877 g/mol. The third kappa shape index (κ3) is 22.2. The zero-order valence-electron chi connectivity index (χ0n) is 34.3. The number of hydrogen-bond acceptors (Lipinski definition) is 6. The molecule has 7 saturated heterocycles. The molecule has 0 amide bonds.